The Morgan fingerprint density at radius 1 is 0.929 bits per heavy atom. The van der Waals surface area contributed by atoms with Crippen LogP contribution < -0.4 is 15.5 Å². The van der Waals surface area contributed by atoms with E-state index in [-0.39, 0.29) is 11.5 Å². The zero-order chi connectivity index (χ0) is 20.3. The van der Waals surface area contributed by atoms with Crippen molar-refractivity contribution in [3.8, 4) is 0 Å². The number of carbonyl (C=O) groups excluding carboxylic acids is 3. The van der Waals surface area contributed by atoms with E-state index in [1.165, 1.54) is 7.11 Å². The molecule has 1 aliphatic rings. The van der Waals surface area contributed by atoms with Crippen LogP contribution in [0.25, 0.3) is 0 Å². The zero-order valence-electron chi connectivity index (χ0n) is 16.1. The Bertz CT molecular complexity index is 902. The minimum Gasteiger partial charge on any atom is -0.465 e. The van der Waals surface area contributed by atoms with E-state index < -0.39 is 17.3 Å². The maximum Gasteiger partial charge on any atom is 0.339 e. The Balaban J connectivity index is 1.72. The van der Waals surface area contributed by atoms with E-state index in [1.54, 1.807) is 36.4 Å². The third-order valence-corrected chi connectivity index (χ3v) is 4.84. The van der Waals surface area contributed by atoms with Crippen LogP contribution in [-0.4, -0.2) is 39.0 Å². The molecule has 1 fully saturated rings. The normalized spacial score (nSPS) is 14.0. The van der Waals surface area contributed by atoms with Gasteiger partial charge in [-0.05, 0) is 49.2 Å². The molecule has 28 heavy (non-hydrogen) atoms. The van der Waals surface area contributed by atoms with Gasteiger partial charge in [-0.15, -0.1) is 0 Å². The summed E-state index contributed by atoms with van der Waals surface area (Å²) < 4.78 is 4.74. The molecule has 2 aromatic rings. The van der Waals surface area contributed by atoms with Crippen LogP contribution >= 0.6 is 0 Å². The lowest BCUT2D eigenvalue weighted by Crippen LogP contribution is -2.36. The average molecular weight is 381 g/mol. The molecule has 0 atom stereocenters. The minimum absolute atomic E-state index is 0.244. The lowest BCUT2D eigenvalue weighted by Gasteiger charge is -2.17. The van der Waals surface area contributed by atoms with Gasteiger partial charge in [0.05, 0.1) is 18.4 Å². The molecule has 7 heteroatoms. The Morgan fingerprint density at radius 3 is 2.11 bits per heavy atom. The molecule has 0 radical (unpaired) electrons. The molecule has 0 aromatic heterocycles. The fraction of sp³-hybridized carbons (Fsp3) is 0.286. The van der Waals surface area contributed by atoms with Crippen molar-refractivity contribution in [1.82, 2.24) is 0 Å². The first-order valence-electron chi connectivity index (χ1n) is 8.95. The number of carbonyl (C=O) groups is 3. The molecule has 0 aliphatic heterocycles. The van der Waals surface area contributed by atoms with Crippen LogP contribution in [0.4, 0.5) is 17.1 Å². The third kappa shape index (κ3) is 3.83. The van der Waals surface area contributed by atoms with Gasteiger partial charge in [-0.2, -0.15) is 0 Å². The van der Waals surface area contributed by atoms with Crippen molar-refractivity contribution >= 4 is 34.8 Å². The number of amides is 2. The number of rotatable bonds is 6. The highest BCUT2D eigenvalue weighted by atomic mass is 16.5. The Labute approximate surface area is 163 Å². The van der Waals surface area contributed by atoms with Gasteiger partial charge in [0.25, 0.3) is 0 Å². The molecular weight excluding hydrogens is 358 g/mol. The van der Waals surface area contributed by atoms with Crippen LogP contribution in [0.2, 0.25) is 0 Å². The van der Waals surface area contributed by atoms with Crippen LogP contribution in [0, 0.1) is 5.41 Å². The van der Waals surface area contributed by atoms with Gasteiger partial charge < -0.3 is 20.3 Å². The van der Waals surface area contributed by atoms with Crippen molar-refractivity contribution in [3.05, 3.63) is 54.1 Å². The van der Waals surface area contributed by atoms with E-state index in [4.69, 9.17) is 4.74 Å². The van der Waals surface area contributed by atoms with Crippen molar-refractivity contribution in [2.24, 2.45) is 5.41 Å². The summed E-state index contributed by atoms with van der Waals surface area (Å²) in [6.07, 6.45) is 0.918. The molecule has 2 amide bonds. The lowest BCUT2D eigenvalue weighted by molar-refractivity contribution is -0.131. The van der Waals surface area contributed by atoms with Gasteiger partial charge in [-0.25, -0.2) is 4.79 Å². The summed E-state index contributed by atoms with van der Waals surface area (Å²) in [5.74, 6) is -1.32. The zero-order valence-corrected chi connectivity index (χ0v) is 16.1. The highest BCUT2D eigenvalue weighted by Gasteiger charge is 2.56. The first-order chi connectivity index (χ1) is 13.4. The number of anilines is 3. The highest BCUT2D eigenvalue weighted by Crippen LogP contribution is 2.47. The molecule has 0 spiro atoms. The highest BCUT2D eigenvalue weighted by molar-refractivity contribution is 6.17. The smallest absolute Gasteiger partial charge is 0.339 e. The van der Waals surface area contributed by atoms with Crippen molar-refractivity contribution in [3.63, 3.8) is 0 Å². The van der Waals surface area contributed by atoms with E-state index in [2.05, 4.69) is 10.6 Å². The van der Waals surface area contributed by atoms with E-state index in [9.17, 15) is 14.4 Å². The summed E-state index contributed by atoms with van der Waals surface area (Å²) in [6, 6.07) is 13.9. The second-order valence-electron chi connectivity index (χ2n) is 6.97. The van der Waals surface area contributed by atoms with Gasteiger partial charge in [0, 0.05) is 25.5 Å². The first-order valence-corrected chi connectivity index (χ1v) is 8.95. The van der Waals surface area contributed by atoms with E-state index >= 15 is 0 Å². The predicted octanol–water partition coefficient (Wildman–Crippen LogP) is 2.90. The fourth-order valence-corrected chi connectivity index (χ4v) is 2.90. The molecule has 2 N–H and O–H groups in total. The maximum atomic E-state index is 12.8. The monoisotopic (exact) mass is 381 g/mol. The number of hydrogen-bond acceptors (Lipinski definition) is 5. The summed E-state index contributed by atoms with van der Waals surface area (Å²) in [5.41, 5.74) is 1.09. The third-order valence-electron chi connectivity index (χ3n) is 4.84. The van der Waals surface area contributed by atoms with Crippen LogP contribution in [0.1, 0.15) is 23.2 Å². The molecule has 7 nitrogen and oxygen atoms in total. The van der Waals surface area contributed by atoms with Crippen LogP contribution in [0.15, 0.2) is 48.5 Å². The van der Waals surface area contributed by atoms with Gasteiger partial charge in [-0.1, -0.05) is 12.1 Å². The SMILES string of the molecule is COC(=O)c1ccccc1NC(=O)C1(C(=O)Nc2ccc(N(C)C)cc2)CC1. The van der Waals surface area contributed by atoms with Crippen molar-refractivity contribution in [2.45, 2.75) is 12.8 Å². The molecule has 146 valence electrons. The molecule has 0 heterocycles. The molecule has 1 saturated carbocycles. The number of nitrogens with zero attached hydrogens (tertiary/aromatic N) is 1. The number of benzene rings is 2. The van der Waals surface area contributed by atoms with Crippen LogP contribution in [0.5, 0.6) is 0 Å². The van der Waals surface area contributed by atoms with Crippen LogP contribution in [-0.2, 0) is 14.3 Å². The summed E-state index contributed by atoms with van der Waals surface area (Å²) in [6.45, 7) is 0. The van der Waals surface area contributed by atoms with Gasteiger partial charge in [0.15, 0.2) is 0 Å². The standard InChI is InChI=1S/C21H23N3O4/c1-24(2)15-10-8-14(9-11-15)22-19(26)21(12-13-21)20(27)23-17-7-5-4-6-16(17)18(25)28-3/h4-11H,12-13H2,1-3H3,(H,22,26)(H,23,27). The number of hydrogen-bond donors (Lipinski definition) is 2. The van der Waals surface area contributed by atoms with Crippen molar-refractivity contribution in [2.75, 3.05) is 36.7 Å². The van der Waals surface area contributed by atoms with Gasteiger partial charge in [0.1, 0.15) is 5.41 Å². The van der Waals surface area contributed by atoms with Crippen molar-refractivity contribution in [1.29, 1.82) is 0 Å². The second kappa shape index (κ2) is 7.72. The summed E-state index contributed by atoms with van der Waals surface area (Å²) in [5, 5.41) is 5.53. The molecule has 2 aromatic carbocycles. The predicted molar refractivity (Wildman–Crippen MR) is 107 cm³/mol. The number of para-hydroxylation sites is 1. The average Bonchev–Trinajstić information content (AvgIpc) is 3.50. The van der Waals surface area contributed by atoms with Crippen molar-refractivity contribution < 1.29 is 19.1 Å². The molecular formula is C21H23N3O4. The number of methoxy groups -OCH3 is 1. The quantitative estimate of drug-likeness (QED) is 0.593. The molecule has 1 aliphatic carbocycles. The molecule has 0 saturated heterocycles. The van der Waals surface area contributed by atoms with E-state index in [0.29, 0.717) is 24.2 Å². The number of nitrogens with one attached hydrogen (secondary N) is 2. The fourth-order valence-electron chi connectivity index (χ4n) is 2.90. The van der Waals surface area contributed by atoms with E-state index in [0.717, 1.165) is 5.69 Å². The Hall–Kier alpha value is -3.35. The van der Waals surface area contributed by atoms with Gasteiger partial charge in [0.2, 0.25) is 11.8 Å². The summed E-state index contributed by atoms with van der Waals surface area (Å²) in [4.78, 5) is 39.4. The second-order valence-corrected chi connectivity index (χ2v) is 6.97. The molecule has 0 unspecified atom stereocenters. The molecule has 0 bridgehead atoms. The lowest BCUT2D eigenvalue weighted by atomic mass is 10.0. The van der Waals surface area contributed by atoms with Gasteiger partial charge in [-0.3, -0.25) is 9.59 Å². The largest absolute Gasteiger partial charge is 0.465 e. The minimum atomic E-state index is -1.12. The Morgan fingerprint density at radius 2 is 1.54 bits per heavy atom. The van der Waals surface area contributed by atoms with Crippen LogP contribution in [0.3, 0.4) is 0 Å². The number of esters is 1. The molecule has 3 rings (SSSR count). The van der Waals surface area contributed by atoms with E-state index in [1.807, 2.05) is 31.1 Å². The Kier molecular flexibility index (Phi) is 5.35. The maximum absolute atomic E-state index is 12.8. The summed E-state index contributed by atoms with van der Waals surface area (Å²) in [7, 11) is 5.14. The number of ether oxygens (including phenoxy) is 1. The van der Waals surface area contributed by atoms with Gasteiger partial charge >= 0.3 is 5.97 Å². The first kappa shape index (κ1) is 19.4. The topological polar surface area (TPSA) is 87.7 Å². The summed E-state index contributed by atoms with van der Waals surface area (Å²) >= 11 is 0.